The van der Waals surface area contributed by atoms with E-state index in [0.29, 0.717) is 6.54 Å². The quantitative estimate of drug-likeness (QED) is 0.843. The first kappa shape index (κ1) is 15.3. The summed E-state index contributed by atoms with van der Waals surface area (Å²) in [7, 11) is 0. The summed E-state index contributed by atoms with van der Waals surface area (Å²) in [6, 6.07) is 8.08. The van der Waals surface area contributed by atoms with E-state index in [0.717, 1.165) is 29.8 Å². The lowest BCUT2D eigenvalue weighted by atomic mass is 10.1. The first-order valence-corrected chi connectivity index (χ1v) is 7.45. The van der Waals surface area contributed by atoms with Crippen molar-refractivity contribution < 1.29 is 9.48 Å². The van der Waals surface area contributed by atoms with Crippen molar-refractivity contribution in [1.82, 2.24) is 4.68 Å². The van der Waals surface area contributed by atoms with Gasteiger partial charge in [-0.05, 0) is 38.3 Å². The minimum absolute atomic E-state index is 0.00727. The van der Waals surface area contributed by atoms with Gasteiger partial charge in [-0.3, -0.25) is 4.79 Å². The number of amides is 1. The lowest BCUT2D eigenvalue weighted by Crippen LogP contribution is -2.47. The summed E-state index contributed by atoms with van der Waals surface area (Å²) in [5, 5.41) is 3.03. The van der Waals surface area contributed by atoms with E-state index in [9.17, 15) is 4.79 Å². The number of benzene rings is 1. The van der Waals surface area contributed by atoms with Crippen molar-refractivity contribution in [1.29, 1.82) is 0 Å². The molecule has 0 radical (unpaired) electrons. The largest absolute Gasteiger partial charge is 0.320 e. The van der Waals surface area contributed by atoms with Gasteiger partial charge in [0.05, 0.1) is 12.2 Å². The average Bonchev–Trinajstić information content (AvgIpc) is 2.76. The molecular weight excluding hydrogens is 262 g/mol. The smallest absolute Gasteiger partial charge is 0.292 e. The summed E-state index contributed by atoms with van der Waals surface area (Å²) >= 11 is 0. The van der Waals surface area contributed by atoms with Gasteiger partial charge in [0.25, 0.3) is 5.91 Å². The first-order chi connectivity index (χ1) is 10.0. The Morgan fingerprint density at radius 3 is 2.48 bits per heavy atom. The topological polar surface area (TPSA) is 37.9 Å². The number of nitrogens with zero attached hydrogens (tertiary/aromatic N) is 2. The van der Waals surface area contributed by atoms with Crippen LogP contribution in [0.4, 0.5) is 5.69 Å². The molecule has 112 valence electrons. The Balaban J connectivity index is 2.12. The van der Waals surface area contributed by atoms with Gasteiger partial charge in [-0.15, -0.1) is 4.68 Å². The Hall–Kier alpha value is -2.10. The second-order valence-electron chi connectivity index (χ2n) is 5.49. The summed E-state index contributed by atoms with van der Waals surface area (Å²) in [4.78, 5) is 12.3. The SMILES string of the molecule is CCCn1c(C)cc[n+]1CC(=O)Nc1c(C)cccc1C. The molecule has 1 aromatic heterocycles. The molecule has 0 saturated carbocycles. The van der Waals surface area contributed by atoms with Crippen molar-refractivity contribution in [3.8, 4) is 0 Å². The molecule has 0 unspecified atom stereocenters. The van der Waals surface area contributed by atoms with Gasteiger partial charge < -0.3 is 5.32 Å². The van der Waals surface area contributed by atoms with Crippen molar-refractivity contribution in [3.63, 3.8) is 0 Å². The highest BCUT2D eigenvalue weighted by atomic mass is 16.2. The van der Waals surface area contributed by atoms with Gasteiger partial charge in [-0.2, -0.15) is 4.68 Å². The van der Waals surface area contributed by atoms with Crippen LogP contribution < -0.4 is 10.00 Å². The second-order valence-corrected chi connectivity index (χ2v) is 5.49. The molecule has 0 aliphatic carbocycles. The Labute approximate surface area is 126 Å². The normalized spacial score (nSPS) is 10.7. The molecule has 1 N–H and O–H groups in total. The van der Waals surface area contributed by atoms with Gasteiger partial charge in [0.1, 0.15) is 0 Å². The number of carbonyl (C=O) groups is 1. The van der Waals surface area contributed by atoms with Crippen LogP contribution in [0.2, 0.25) is 0 Å². The molecule has 1 amide bonds. The molecule has 4 nitrogen and oxygen atoms in total. The van der Waals surface area contributed by atoms with E-state index in [1.54, 1.807) is 0 Å². The van der Waals surface area contributed by atoms with Crippen molar-refractivity contribution in [3.05, 3.63) is 47.3 Å². The van der Waals surface area contributed by atoms with Gasteiger partial charge in [-0.25, -0.2) is 0 Å². The molecule has 21 heavy (non-hydrogen) atoms. The standard InChI is InChI=1S/C17H23N3O/c1-5-10-20-15(4)9-11-19(20)12-16(21)18-17-13(2)7-6-8-14(17)3/h6-9,11H,5,10,12H2,1-4H3/p+1. The molecule has 0 fully saturated rings. The van der Waals surface area contributed by atoms with Crippen LogP contribution in [0.3, 0.4) is 0 Å². The van der Waals surface area contributed by atoms with E-state index in [1.807, 2.05) is 49.0 Å². The van der Waals surface area contributed by atoms with E-state index in [4.69, 9.17) is 0 Å². The van der Waals surface area contributed by atoms with E-state index in [-0.39, 0.29) is 5.91 Å². The molecule has 2 aromatic rings. The summed E-state index contributed by atoms with van der Waals surface area (Å²) in [5.41, 5.74) is 4.28. The summed E-state index contributed by atoms with van der Waals surface area (Å²) < 4.78 is 4.12. The number of aromatic nitrogens is 2. The van der Waals surface area contributed by atoms with Crippen LogP contribution in [0.25, 0.3) is 0 Å². The fraction of sp³-hybridized carbons (Fsp3) is 0.412. The van der Waals surface area contributed by atoms with E-state index >= 15 is 0 Å². The average molecular weight is 286 g/mol. The predicted octanol–water partition coefficient (Wildman–Crippen LogP) is 2.75. The minimum Gasteiger partial charge on any atom is -0.320 e. The summed E-state index contributed by atoms with van der Waals surface area (Å²) in [6.45, 7) is 9.49. The Bertz CT molecular complexity index is 623. The minimum atomic E-state index is 0.00727. The third-order valence-corrected chi connectivity index (χ3v) is 3.69. The molecule has 0 atom stereocenters. The van der Waals surface area contributed by atoms with Crippen LogP contribution in [-0.2, 0) is 17.9 Å². The van der Waals surface area contributed by atoms with Gasteiger partial charge in [-0.1, -0.05) is 25.1 Å². The fourth-order valence-corrected chi connectivity index (χ4v) is 2.56. The maximum absolute atomic E-state index is 12.3. The molecule has 2 rings (SSSR count). The maximum atomic E-state index is 12.3. The lowest BCUT2D eigenvalue weighted by Gasteiger charge is -2.10. The highest BCUT2D eigenvalue weighted by Gasteiger charge is 2.17. The number of nitrogens with one attached hydrogen (secondary N) is 1. The fourth-order valence-electron chi connectivity index (χ4n) is 2.56. The predicted molar refractivity (Wildman–Crippen MR) is 84.2 cm³/mol. The van der Waals surface area contributed by atoms with Crippen LogP contribution >= 0.6 is 0 Å². The molecular formula is C17H24N3O+. The van der Waals surface area contributed by atoms with E-state index in [1.165, 1.54) is 5.69 Å². The van der Waals surface area contributed by atoms with Crippen LogP contribution in [0, 0.1) is 20.8 Å². The van der Waals surface area contributed by atoms with Crippen LogP contribution in [0.1, 0.15) is 30.2 Å². The van der Waals surface area contributed by atoms with Crippen molar-refractivity contribution in [2.45, 2.75) is 47.2 Å². The first-order valence-electron chi connectivity index (χ1n) is 7.45. The van der Waals surface area contributed by atoms with E-state index in [2.05, 4.69) is 23.8 Å². The highest BCUT2D eigenvalue weighted by Crippen LogP contribution is 2.19. The van der Waals surface area contributed by atoms with E-state index < -0.39 is 0 Å². The van der Waals surface area contributed by atoms with Gasteiger partial charge in [0.15, 0.2) is 6.20 Å². The number of aryl methyl sites for hydroxylation is 3. The highest BCUT2D eigenvalue weighted by molar-refractivity contribution is 5.91. The molecule has 0 saturated heterocycles. The Morgan fingerprint density at radius 2 is 1.86 bits per heavy atom. The number of carbonyl (C=O) groups excluding carboxylic acids is 1. The van der Waals surface area contributed by atoms with Crippen LogP contribution in [-0.4, -0.2) is 10.6 Å². The summed E-state index contributed by atoms with van der Waals surface area (Å²) in [5.74, 6) is 0.00727. The number of para-hydroxylation sites is 1. The lowest BCUT2D eigenvalue weighted by molar-refractivity contribution is -0.764. The van der Waals surface area contributed by atoms with Gasteiger partial charge in [0, 0.05) is 11.8 Å². The zero-order valence-electron chi connectivity index (χ0n) is 13.3. The van der Waals surface area contributed by atoms with Crippen molar-refractivity contribution >= 4 is 11.6 Å². The third kappa shape index (κ3) is 3.51. The van der Waals surface area contributed by atoms with Gasteiger partial charge in [0.2, 0.25) is 6.54 Å². The molecule has 1 aromatic carbocycles. The van der Waals surface area contributed by atoms with Crippen LogP contribution in [0.5, 0.6) is 0 Å². The van der Waals surface area contributed by atoms with Gasteiger partial charge >= 0.3 is 0 Å². The van der Waals surface area contributed by atoms with Crippen molar-refractivity contribution in [2.75, 3.05) is 5.32 Å². The number of hydrogen-bond donors (Lipinski definition) is 1. The molecule has 0 aliphatic rings. The summed E-state index contributed by atoms with van der Waals surface area (Å²) in [6.07, 6.45) is 3.02. The molecule has 4 heteroatoms. The number of anilines is 1. The zero-order valence-corrected chi connectivity index (χ0v) is 13.3. The number of hydrogen-bond acceptors (Lipinski definition) is 1. The Kier molecular flexibility index (Phi) is 4.78. The Morgan fingerprint density at radius 1 is 1.19 bits per heavy atom. The third-order valence-electron chi connectivity index (χ3n) is 3.69. The molecule has 1 heterocycles. The maximum Gasteiger partial charge on any atom is 0.292 e. The monoisotopic (exact) mass is 286 g/mol. The molecule has 0 spiro atoms. The second kappa shape index (κ2) is 6.57. The number of rotatable bonds is 5. The molecule has 0 aliphatic heterocycles. The molecule has 0 bridgehead atoms. The zero-order chi connectivity index (χ0) is 15.4. The van der Waals surface area contributed by atoms with Crippen LogP contribution in [0.15, 0.2) is 30.5 Å². The van der Waals surface area contributed by atoms with Crippen molar-refractivity contribution in [2.24, 2.45) is 0 Å².